The van der Waals surface area contributed by atoms with E-state index >= 15 is 0 Å². The molecule has 1 saturated heterocycles. The number of ketones is 1. The second-order valence-electron chi connectivity index (χ2n) is 12.4. The number of carbonyl (C=O) groups is 3. The first kappa shape index (κ1) is 27.8. The maximum Gasteiger partial charge on any atom is 0.339 e. The van der Waals surface area contributed by atoms with Crippen molar-refractivity contribution in [2.24, 2.45) is 28.6 Å². The van der Waals surface area contributed by atoms with Crippen molar-refractivity contribution in [3.63, 3.8) is 0 Å². The number of Topliss-reactive ketones (excluding diaryl/α,β-unsaturated/α-hetero) is 1. The first-order valence-corrected chi connectivity index (χ1v) is 13.9. The predicted octanol–water partition coefficient (Wildman–Crippen LogP) is 2.55. The van der Waals surface area contributed by atoms with E-state index in [1.165, 1.54) is 26.4 Å². The normalized spacial score (nSPS) is 40.8. The van der Waals surface area contributed by atoms with Gasteiger partial charge in [0, 0.05) is 22.3 Å². The maximum atomic E-state index is 14.0. The molecular weight excluding hydrogens is 536 g/mol. The molecule has 0 radical (unpaired) electrons. The highest BCUT2D eigenvalue weighted by Crippen LogP contribution is 2.69. The van der Waals surface area contributed by atoms with Gasteiger partial charge in [0.1, 0.15) is 23.6 Å². The summed E-state index contributed by atoms with van der Waals surface area (Å²) in [5.41, 5.74) is -3.78. The highest BCUT2D eigenvalue weighted by molar-refractivity contribution is 5.93. The minimum atomic E-state index is -1.74. The summed E-state index contributed by atoms with van der Waals surface area (Å²) >= 11 is 0. The second-order valence-corrected chi connectivity index (χ2v) is 12.4. The molecule has 1 aromatic carbocycles. The Morgan fingerprint density at radius 1 is 1.10 bits per heavy atom. The number of hydrogen-bond donors (Lipinski definition) is 2. The van der Waals surface area contributed by atoms with Gasteiger partial charge in [-0.1, -0.05) is 20.8 Å². The number of methoxy groups -OCH3 is 2. The van der Waals surface area contributed by atoms with Crippen LogP contribution >= 0.6 is 0 Å². The zero-order valence-corrected chi connectivity index (χ0v) is 24.0. The standard InChI is InChI=1S/C30H36O11/c1-13-7-17(31)26(33)28(3)16(13)10-20-29(4)25(28)24(22(37-6)14(2)30(29,35)11-21(32)40-20)41-27(34)15-8-18(36-5)23-19(9-15)38-12-39-23/h8-9,13,16-17,20,24-25,31,35H,7,10-12H2,1-6H3. The molecule has 2 aliphatic heterocycles. The van der Waals surface area contributed by atoms with Crippen molar-refractivity contribution in [1.29, 1.82) is 0 Å². The number of fused-ring (bicyclic) bond motifs is 3. The van der Waals surface area contributed by atoms with Gasteiger partial charge < -0.3 is 38.6 Å². The van der Waals surface area contributed by atoms with E-state index in [2.05, 4.69) is 0 Å². The number of rotatable bonds is 4. The van der Waals surface area contributed by atoms with Crippen molar-refractivity contribution >= 4 is 17.7 Å². The number of hydrogen-bond acceptors (Lipinski definition) is 11. The summed E-state index contributed by atoms with van der Waals surface area (Å²) in [4.78, 5) is 40.7. The van der Waals surface area contributed by atoms with Gasteiger partial charge in [0.05, 0.1) is 26.2 Å². The molecule has 11 nitrogen and oxygen atoms in total. The monoisotopic (exact) mass is 572 g/mol. The van der Waals surface area contributed by atoms with Crippen LogP contribution in [0.25, 0.3) is 0 Å². The summed E-state index contributed by atoms with van der Waals surface area (Å²) < 4.78 is 34.3. The Kier molecular flexibility index (Phi) is 6.17. The largest absolute Gasteiger partial charge is 0.497 e. The zero-order valence-electron chi connectivity index (χ0n) is 24.0. The molecule has 222 valence electrons. The van der Waals surface area contributed by atoms with E-state index in [4.69, 9.17) is 28.4 Å². The van der Waals surface area contributed by atoms with Gasteiger partial charge in [-0.3, -0.25) is 9.59 Å². The molecule has 9 atom stereocenters. The van der Waals surface area contributed by atoms with E-state index in [1.807, 2.05) is 6.92 Å². The maximum absolute atomic E-state index is 14.0. The number of carbonyl (C=O) groups excluding carboxylic acids is 3. The van der Waals surface area contributed by atoms with Gasteiger partial charge in [0.25, 0.3) is 0 Å². The SMILES string of the molecule is COC1=C(C)C2(O)CC(=O)OC3CC4C(C)CC(O)C(=O)C4(C)C(C1OC(=O)c1cc(OC)c4c(c1)OCO4)C32C. The van der Waals surface area contributed by atoms with E-state index in [0.29, 0.717) is 29.2 Å². The molecule has 5 aliphatic rings. The Balaban J connectivity index is 1.54. The fourth-order valence-electron chi connectivity index (χ4n) is 8.77. The van der Waals surface area contributed by atoms with E-state index in [0.717, 1.165) is 0 Å². The van der Waals surface area contributed by atoms with Gasteiger partial charge in [0.15, 0.2) is 23.4 Å². The summed E-state index contributed by atoms with van der Waals surface area (Å²) in [6.07, 6.45) is -2.89. The van der Waals surface area contributed by atoms with Crippen LogP contribution in [-0.4, -0.2) is 72.9 Å². The minimum absolute atomic E-state index is 0.0237. The molecule has 41 heavy (non-hydrogen) atoms. The summed E-state index contributed by atoms with van der Waals surface area (Å²) in [6, 6.07) is 2.97. The van der Waals surface area contributed by atoms with Crippen molar-refractivity contribution in [3.8, 4) is 17.2 Å². The summed E-state index contributed by atoms with van der Waals surface area (Å²) in [7, 11) is 2.84. The van der Waals surface area contributed by atoms with Crippen LogP contribution in [-0.2, 0) is 23.8 Å². The van der Waals surface area contributed by atoms with E-state index in [-0.39, 0.29) is 48.6 Å². The van der Waals surface area contributed by atoms with Gasteiger partial charge >= 0.3 is 11.9 Å². The minimum Gasteiger partial charge on any atom is -0.497 e. The van der Waals surface area contributed by atoms with Gasteiger partial charge in [-0.05, 0) is 43.7 Å². The Hall–Kier alpha value is -3.31. The molecule has 2 heterocycles. The van der Waals surface area contributed by atoms with Crippen LogP contribution in [0.5, 0.6) is 17.2 Å². The zero-order chi connectivity index (χ0) is 29.6. The molecule has 1 aromatic rings. The van der Waals surface area contributed by atoms with E-state index in [1.54, 1.807) is 20.8 Å². The molecule has 6 rings (SSSR count). The topological polar surface area (TPSA) is 147 Å². The lowest BCUT2D eigenvalue weighted by Crippen LogP contribution is -2.76. The van der Waals surface area contributed by atoms with Crippen LogP contribution in [0, 0.1) is 28.6 Å². The Labute approximate surface area is 237 Å². The summed E-state index contributed by atoms with van der Waals surface area (Å²) in [5.74, 6) is -1.86. The summed E-state index contributed by atoms with van der Waals surface area (Å²) in [5, 5.41) is 23.3. The number of benzene rings is 1. The number of aliphatic hydroxyl groups is 2. The number of esters is 2. The lowest BCUT2D eigenvalue weighted by molar-refractivity contribution is -0.279. The van der Waals surface area contributed by atoms with Crippen LogP contribution < -0.4 is 14.2 Å². The first-order chi connectivity index (χ1) is 19.3. The fraction of sp³-hybridized carbons (Fsp3) is 0.633. The van der Waals surface area contributed by atoms with Gasteiger partial charge in [0.2, 0.25) is 12.5 Å². The van der Waals surface area contributed by atoms with Crippen molar-refractivity contribution in [3.05, 3.63) is 29.0 Å². The molecule has 3 fully saturated rings. The van der Waals surface area contributed by atoms with Crippen molar-refractivity contribution in [2.45, 2.75) is 70.9 Å². The second kappa shape index (κ2) is 9.09. The van der Waals surface area contributed by atoms with Crippen LogP contribution in [0.4, 0.5) is 0 Å². The van der Waals surface area contributed by atoms with Crippen LogP contribution in [0.1, 0.15) is 57.3 Å². The third-order valence-electron chi connectivity index (χ3n) is 10.8. The molecule has 0 aromatic heterocycles. The predicted molar refractivity (Wildman–Crippen MR) is 140 cm³/mol. The molecule has 11 heteroatoms. The van der Waals surface area contributed by atoms with Gasteiger partial charge in [-0.15, -0.1) is 0 Å². The van der Waals surface area contributed by atoms with Crippen LogP contribution in [0.2, 0.25) is 0 Å². The lowest BCUT2D eigenvalue weighted by atomic mass is 9.38. The molecule has 2 N–H and O–H groups in total. The molecule has 2 saturated carbocycles. The van der Waals surface area contributed by atoms with E-state index < -0.39 is 52.6 Å². The molecule has 0 bridgehead atoms. The van der Waals surface area contributed by atoms with Crippen molar-refractivity contribution in [1.82, 2.24) is 0 Å². The fourth-order valence-corrected chi connectivity index (χ4v) is 8.77. The quantitative estimate of drug-likeness (QED) is 0.513. The molecule has 0 amide bonds. The van der Waals surface area contributed by atoms with Gasteiger partial charge in [-0.25, -0.2) is 4.79 Å². The first-order valence-electron chi connectivity index (χ1n) is 13.9. The van der Waals surface area contributed by atoms with Gasteiger partial charge in [-0.2, -0.15) is 0 Å². The average molecular weight is 573 g/mol. The average Bonchev–Trinajstić information content (AvgIpc) is 3.40. The Morgan fingerprint density at radius 3 is 2.51 bits per heavy atom. The van der Waals surface area contributed by atoms with Crippen LogP contribution in [0.3, 0.4) is 0 Å². The molecule has 9 unspecified atom stereocenters. The van der Waals surface area contributed by atoms with E-state index in [9.17, 15) is 24.6 Å². The van der Waals surface area contributed by atoms with Crippen molar-refractivity contribution in [2.75, 3.05) is 21.0 Å². The summed E-state index contributed by atoms with van der Waals surface area (Å²) in [6.45, 7) is 7.15. The van der Waals surface area contributed by atoms with Crippen molar-refractivity contribution < 1.29 is 53.0 Å². The molecule has 3 aliphatic carbocycles. The smallest absolute Gasteiger partial charge is 0.339 e. The number of aliphatic hydroxyl groups excluding tert-OH is 1. The third-order valence-corrected chi connectivity index (χ3v) is 10.8. The molecule has 0 spiro atoms. The Morgan fingerprint density at radius 2 is 1.83 bits per heavy atom. The lowest BCUT2D eigenvalue weighted by Gasteiger charge is -2.69. The highest BCUT2D eigenvalue weighted by atomic mass is 16.7. The highest BCUT2D eigenvalue weighted by Gasteiger charge is 2.77. The number of ether oxygens (including phenoxy) is 6. The molecular formula is C30H36O11. The Bertz CT molecular complexity index is 1370. The van der Waals surface area contributed by atoms with Crippen LogP contribution in [0.15, 0.2) is 23.5 Å². The third kappa shape index (κ3) is 3.48.